The number of hydrogen-bond acceptors (Lipinski definition) is 5. The molecule has 7 heteroatoms. The van der Waals surface area contributed by atoms with E-state index in [0.29, 0.717) is 27.9 Å². The zero-order valence-electron chi connectivity index (χ0n) is 13.4. The van der Waals surface area contributed by atoms with Gasteiger partial charge in [0.25, 0.3) is 0 Å². The van der Waals surface area contributed by atoms with Crippen molar-refractivity contribution in [2.45, 2.75) is 12.8 Å². The Bertz CT molecular complexity index is 876. The predicted octanol–water partition coefficient (Wildman–Crippen LogP) is 4.16. The van der Waals surface area contributed by atoms with Crippen LogP contribution in [-0.4, -0.2) is 22.3 Å². The quantitative estimate of drug-likeness (QED) is 0.698. The largest absolute Gasteiger partial charge is 0.360 e. The highest BCUT2D eigenvalue weighted by Crippen LogP contribution is 2.21. The minimum atomic E-state index is -0.718. The van der Waals surface area contributed by atoms with Gasteiger partial charge in [-0.1, -0.05) is 16.8 Å². The van der Waals surface area contributed by atoms with Crippen LogP contribution in [0.15, 0.2) is 64.4 Å². The number of halogens is 1. The van der Waals surface area contributed by atoms with Gasteiger partial charge >= 0.3 is 0 Å². The molecule has 0 aliphatic heterocycles. The molecule has 2 heterocycles. The van der Waals surface area contributed by atoms with Crippen LogP contribution in [0.25, 0.3) is 0 Å². The lowest BCUT2D eigenvalue weighted by Crippen LogP contribution is -2.22. The lowest BCUT2D eigenvalue weighted by molar-refractivity contribution is -0.116. The standard InChI is InChI=1S/C18H15ClN4O2/c1-12-10-17(25-23-12)16(11-21-14-4-2-13(19)3-5-14)18(24)22-15-6-8-20-9-7-15/h2-11,16H,1H3,(H,20,22,24). The maximum atomic E-state index is 12.7. The Balaban J connectivity index is 1.84. The van der Waals surface area contributed by atoms with Gasteiger partial charge in [0, 0.05) is 35.4 Å². The fourth-order valence-electron chi connectivity index (χ4n) is 2.14. The molecule has 1 amide bonds. The molecule has 0 saturated heterocycles. The average Bonchev–Trinajstić information content (AvgIpc) is 3.04. The van der Waals surface area contributed by atoms with Crippen LogP contribution in [0.2, 0.25) is 5.02 Å². The van der Waals surface area contributed by atoms with Gasteiger partial charge in [-0.2, -0.15) is 0 Å². The van der Waals surface area contributed by atoms with Gasteiger partial charge in [0.15, 0.2) is 5.76 Å². The van der Waals surface area contributed by atoms with E-state index >= 15 is 0 Å². The lowest BCUT2D eigenvalue weighted by atomic mass is 10.1. The van der Waals surface area contributed by atoms with Crippen molar-refractivity contribution in [2.24, 2.45) is 4.99 Å². The number of nitrogens with one attached hydrogen (secondary N) is 1. The molecular formula is C18H15ClN4O2. The smallest absolute Gasteiger partial charge is 0.240 e. The zero-order valence-corrected chi connectivity index (χ0v) is 14.1. The summed E-state index contributed by atoms with van der Waals surface area (Å²) in [6.45, 7) is 1.79. The van der Waals surface area contributed by atoms with Crippen LogP contribution in [0.5, 0.6) is 0 Å². The van der Waals surface area contributed by atoms with Gasteiger partial charge in [-0.3, -0.25) is 14.8 Å². The van der Waals surface area contributed by atoms with E-state index in [4.69, 9.17) is 16.1 Å². The molecule has 1 unspecified atom stereocenters. The van der Waals surface area contributed by atoms with Crippen LogP contribution in [-0.2, 0) is 4.79 Å². The molecule has 1 N–H and O–H groups in total. The monoisotopic (exact) mass is 354 g/mol. The Labute approximate surface area is 149 Å². The Morgan fingerprint density at radius 3 is 2.60 bits per heavy atom. The molecule has 0 bridgehead atoms. The van der Waals surface area contributed by atoms with E-state index in [2.05, 4.69) is 20.4 Å². The molecule has 1 atom stereocenters. The van der Waals surface area contributed by atoms with Crippen molar-refractivity contribution in [1.82, 2.24) is 10.1 Å². The van der Waals surface area contributed by atoms with Crippen LogP contribution in [0.1, 0.15) is 17.4 Å². The number of benzene rings is 1. The third kappa shape index (κ3) is 4.51. The number of carbonyl (C=O) groups excluding carboxylic acids is 1. The Kier molecular flexibility index (Phi) is 5.20. The molecule has 0 aliphatic carbocycles. The molecule has 6 nitrogen and oxygen atoms in total. The van der Waals surface area contributed by atoms with E-state index in [1.807, 2.05) is 0 Å². The summed E-state index contributed by atoms with van der Waals surface area (Å²) in [5.74, 6) is -0.577. The fourth-order valence-corrected chi connectivity index (χ4v) is 2.27. The highest BCUT2D eigenvalue weighted by atomic mass is 35.5. The van der Waals surface area contributed by atoms with Crippen LogP contribution in [0, 0.1) is 6.92 Å². The highest BCUT2D eigenvalue weighted by molar-refractivity contribution is 6.30. The maximum Gasteiger partial charge on any atom is 0.240 e. The van der Waals surface area contributed by atoms with Crippen LogP contribution in [0.4, 0.5) is 11.4 Å². The van der Waals surface area contributed by atoms with E-state index in [9.17, 15) is 4.79 Å². The van der Waals surface area contributed by atoms with Crippen LogP contribution >= 0.6 is 11.6 Å². The van der Waals surface area contributed by atoms with Crippen LogP contribution in [0.3, 0.4) is 0 Å². The average molecular weight is 355 g/mol. The number of aryl methyl sites for hydroxylation is 1. The molecule has 0 fully saturated rings. The van der Waals surface area contributed by atoms with E-state index in [1.54, 1.807) is 61.8 Å². The number of carbonyl (C=O) groups is 1. The first-order valence-corrected chi connectivity index (χ1v) is 7.93. The minimum Gasteiger partial charge on any atom is -0.360 e. The van der Waals surface area contributed by atoms with Gasteiger partial charge in [-0.15, -0.1) is 0 Å². The fraction of sp³-hybridized carbons (Fsp3) is 0.111. The van der Waals surface area contributed by atoms with Gasteiger partial charge in [-0.25, -0.2) is 0 Å². The van der Waals surface area contributed by atoms with Crippen molar-refractivity contribution in [1.29, 1.82) is 0 Å². The van der Waals surface area contributed by atoms with Gasteiger partial charge in [0.1, 0.15) is 5.92 Å². The number of aliphatic imine (C=N–C) groups is 1. The molecular weight excluding hydrogens is 340 g/mol. The number of pyridine rings is 1. The predicted molar refractivity (Wildman–Crippen MR) is 96.5 cm³/mol. The highest BCUT2D eigenvalue weighted by Gasteiger charge is 2.23. The molecule has 126 valence electrons. The number of aromatic nitrogens is 2. The maximum absolute atomic E-state index is 12.7. The second kappa shape index (κ2) is 7.72. The molecule has 25 heavy (non-hydrogen) atoms. The Hall–Kier alpha value is -2.99. The number of amides is 1. The number of nitrogens with zero attached hydrogens (tertiary/aromatic N) is 3. The summed E-state index contributed by atoms with van der Waals surface area (Å²) in [4.78, 5) is 20.9. The summed E-state index contributed by atoms with van der Waals surface area (Å²) in [7, 11) is 0. The normalized spacial score (nSPS) is 12.2. The topological polar surface area (TPSA) is 80.4 Å². The van der Waals surface area contributed by atoms with Crippen molar-refractivity contribution in [3.63, 3.8) is 0 Å². The van der Waals surface area contributed by atoms with Gasteiger partial charge in [0.2, 0.25) is 5.91 Å². The lowest BCUT2D eigenvalue weighted by Gasteiger charge is -2.10. The first-order valence-electron chi connectivity index (χ1n) is 7.56. The first-order chi connectivity index (χ1) is 12.1. The Morgan fingerprint density at radius 1 is 1.24 bits per heavy atom. The zero-order chi connectivity index (χ0) is 17.6. The summed E-state index contributed by atoms with van der Waals surface area (Å²) in [6, 6.07) is 12.1. The van der Waals surface area contributed by atoms with Gasteiger partial charge < -0.3 is 9.84 Å². The summed E-state index contributed by atoms with van der Waals surface area (Å²) in [5.41, 5.74) is 2.01. The Morgan fingerprint density at radius 2 is 1.96 bits per heavy atom. The van der Waals surface area contributed by atoms with Crippen molar-refractivity contribution in [2.75, 3.05) is 5.32 Å². The first kappa shape index (κ1) is 16.9. The van der Waals surface area contributed by atoms with E-state index in [-0.39, 0.29) is 5.91 Å². The molecule has 3 aromatic rings. The molecule has 2 aromatic heterocycles. The second-order valence-corrected chi connectivity index (χ2v) is 5.76. The third-order valence-corrected chi connectivity index (χ3v) is 3.63. The molecule has 0 radical (unpaired) electrons. The minimum absolute atomic E-state index is 0.278. The van der Waals surface area contributed by atoms with Crippen molar-refractivity contribution in [3.05, 3.63) is 71.3 Å². The molecule has 3 rings (SSSR count). The SMILES string of the molecule is Cc1cc(C(C=Nc2ccc(Cl)cc2)C(=O)Nc2ccncc2)on1. The number of anilines is 1. The van der Waals surface area contributed by atoms with E-state index in [0.717, 1.165) is 0 Å². The van der Waals surface area contributed by atoms with Crippen molar-refractivity contribution >= 4 is 35.1 Å². The van der Waals surface area contributed by atoms with E-state index < -0.39 is 5.92 Å². The molecule has 0 saturated carbocycles. The number of rotatable bonds is 5. The van der Waals surface area contributed by atoms with Gasteiger partial charge in [-0.05, 0) is 43.3 Å². The van der Waals surface area contributed by atoms with Gasteiger partial charge in [0.05, 0.1) is 11.4 Å². The van der Waals surface area contributed by atoms with Crippen molar-refractivity contribution < 1.29 is 9.32 Å². The summed E-state index contributed by atoms with van der Waals surface area (Å²) >= 11 is 5.87. The van der Waals surface area contributed by atoms with Crippen LogP contribution < -0.4 is 5.32 Å². The summed E-state index contributed by atoms with van der Waals surface area (Å²) in [5, 5.41) is 7.29. The third-order valence-electron chi connectivity index (χ3n) is 3.38. The summed E-state index contributed by atoms with van der Waals surface area (Å²) < 4.78 is 5.26. The number of hydrogen-bond donors (Lipinski definition) is 1. The molecule has 1 aromatic carbocycles. The van der Waals surface area contributed by atoms with E-state index in [1.165, 1.54) is 6.21 Å². The summed E-state index contributed by atoms with van der Waals surface area (Å²) in [6.07, 6.45) is 4.73. The second-order valence-electron chi connectivity index (χ2n) is 5.33. The van der Waals surface area contributed by atoms with Crippen molar-refractivity contribution in [3.8, 4) is 0 Å². The molecule has 0 spiro atoms. The molecule has 0 aliphatic rings.